The van der Waals surface area contributed by atoms with Crippen molar-refractivity contribution < 1.29 is 55.9 Å². The number of nitrogens with zero attached hydrogens (tertiary/aromatic N) is 4. The van der Waals surface area contributed by atoms with Crippen molar-refractivity contribution in [3.05, 3.63) is 24.3 Å². The molecule has 2 aliphatic rings. The van der Waals surface area contributed by atoms with E-state index in [1.807, 2.05) is 19.9 Å². The maximum atomic E-state index is 12.4. The van der Waals surface area contributed by atoms with Gasteiger partial charge in [0.25, 0.3) is 0 Å². The maximum Gasteiger partial charge on any atom is 0.492 e. The van der Waals surface area contributed by atoms with Gasteiger partial charge in [-0.05, 0) is 13.8 Å². The van der Waals surface area contributed by atoms with E-state index >= 15 is 0 Å². The van der Waals surface area contributed by atoms with Gasteiger partial charge >= 0.3 is 23.5 Å². The average molecular weight is 557 g/mol. The molecule has 2 fully saturated rings. The summed E-state index contributed by atoms with van der Waals surface area (Å²) >= 11 is 0. The van der Waals surface area contributed by atoms with E-state index in [9.17, 15) is 33.7 Å². The van der Waals surface area contributed by atoms with Gasteiger partial charge < -0.3 is 30.1 Å². The number of hydrogen-bond acceptors (Lipinski definition) is 14. The van der Waals surface area contributed by atoms with Crippen LogP contribution in [0.15, 0.2) is 24.3 Å². The van der Waals surface area contributed by atoms with E-state index in [2.05, 4.69) is 33.2 Å². The molecule has 5 N–H and O–H groups in total. The summed E-state index contributed by atoms with van der Waals surface area (Å²) in [6.45, 7) is 3.54. The predicted octanol–water partition coefficient (Wildman–Crippen LogP) is 1.21. The summed E-state index contributed by atoms with van der Waals surface area (Å²) in [4.78, 5) is 31.1. The molecule has 2 aromatic heterocycles. The summed E-state index contributed by atoms with van der Waals surface area (Å²) in [7, 11) is -15.5. The Morgan fingerprint density at radius 1 is 1.11 bits per heavy atom. The molecular formula is C15H22N5O12P3. The SMILES string of the molecule is CC(C)=CCNc1ncnc2c1ncn2[C@@H]1O[C@H](COP2(=O)OP(=O)(O)OP(=O)(O)O2)[C@H](O)[C@@H]1O. The Kier molecular flexibility index (Phi) is 7.34. The molecule has 4 rings (SSSR count). The smallest absolute Gasteiger partial charge is 0.387 e. The van der Waals surface area contributed by atoms with E-state index in [0.29, 0.717) is 17.9 Å². The van der Waals surface area contributed by atoms with E-state index in [1.165, 1.54) is 17.2 Å². The first-order valence-corrected chi connectivity index (χ1v) is 14.3. The van der Waals surface area contributed by atoms with E-state index in [0.717, 1.165) is 5.57 Å². The highest BCUT2D eigenvalue weighted by Gasteiger charge is 2.55. The monoisotopic (exact) mass is 557 g/mol. The Hall–Kier alpha value is -1.58. The third-order valence-corrected chi connectivity index (χ3v) is 10.1. The number of allylic oxidation sites excluding steroid dienone is 1. The fourth-order valence-corrected chi connectivity index (χ4v) is 8.19. The first kappa shape index (κ1) is 26.5. The highest BCUT2D eigenvalue weighted by Crippen LogP contribution is 2.80. The van der Waals surface area contributed by atoms with Gasteiger partial charge in [-0.2, -0.15) is 12.9 Å². The number of hydrogen-bond donors (Lipinski definition) is 5. The zero-order valence-corrected chi connectivity index (χ0v) is 20.8. The molecule has 2 saturated heterocycles. The quantitative estimate of drug-likeness (QED) is 0.238. The number of rotatable bonds is 7. The molecule has 2 aromatic rings. The largest absolute Gasteiger partial charge is 0.492 e. The second-order valence-corrected chi connectivity index (χ2v) is 12.7. The third-order valence-electron chi connectivity index (χ3n) is 4.76. The highest BCUT2D eigenvalue weighted by atomic mass is 31.3. The lowest BCUT2D eigenvalue weighted by Crippen LogP contribution is -2.33. The van der Waals surface area contributed by atoms with Gasteiger partial charge in [-0.1, -0.05) is 11.6 Å². The Labute approximate surface area is 197 Å². The summed E-state index contributed by atoms with van der Waals surface area (Å²) < 4.78 is 59.3. The maximum absolute atomic E-state index is 12.4. The van der Waals surface area contributed by atoms with Crippen molar-refractivity contribution in [2.24, 2.45) is 0 Å². The number of aliphatic hydroxyl groups excluding tert-OH is 2. The first-order chi connectivity index (χ1) is 16.3. The summed E-state index contributed by atoms with van der Waals surface area (Å²) in [5.41, 5.74) is 1.73. The summed E-state index contributed by atoms with van der Waals surface area (Å²) in [5, 5.41) is 24.0. The van der Waals surface area contributed by atoms with Crippen LogP contribution in [0.4, 0.5) is 5.82 Å². The predicted molar refractivity (Wildman–Crippen MR) is 116 cm³/mol. The molecule has 0 amide bonds. The van der Waals surface area contributed by atoms with E-state index in [1.54, 1.807) is 0 Å². The lowest BCUT2D eigenvalue weighted by Gasteiger charge is -2.27. The minimum atomic E-state index is -5.23. The topological polar surface area (TPSA) is 234 Å². The Balaban J connectivity index is 1.50. The Morgan fingerprint density at radius 3 is 2.46 bits per heavy atom. The molecule has 0 saturated carbocycles. The molecule has 35 heavy (non-hydrogen) atoms. The van der Waals surface area contributed by atoms with E-state index in [4.69, 9.17) is 9.26 Å². The van der Waals surface area contributed by atoms with Crippen molar-refractivity contribution in [2.45, 2.75) is 38.4 Å². The van der Waals surface area contributed by atoms with Gasteiger partial charge in [-0.25, -0.2) is 28.6 Å². The molecule has 6 atom stereocenters. The highest BCUT2D eigenvalue weighted by molar-refractivity contribution is 7.74. The van der Waals surface area contributed by atoms with Crippen LogP contribution in [0, 0.1) is 0 Å². The van der Waals surface area contributed by atoms with Crippen LogP contribution in [-0.2, 0) is 35.9 Å². The van der Waals surface area contributed by atoms with E-state index in [-0.39, 0.29) is 5.65 Å². The zero-order chi connectivity index (χ0) is 25.6. The van der Waals surface area contributed by atoms with Gasteiger partial charge in [0.05, 0.1) is 12.9 Å². The lowest BCUT2D eigenvalue weighted by molar-refractivity contribution is -0.0506. The molecule has 2 aliphatic heterocycles. The molecule has 0 aromatic carbocycles. The van der Waals surface area contributed by atoms with Crippen molar-refractivity contribution in [1.29, 1.82) is 0 Å². The van der Waals surface area contributed by atoms with Crippen molar-refractivity contribution >= 4 is 40.4 Å². The van der Waals surface area contributed by atoms with Crippen LogP contribution in [0.2, 0.25) is 0 Å². The normalized spacial score (nSPS) is 37.4. The second kappa shape index (κ2) is 9.71. The standard InChI is InChI=1S/C15H22N5O12P3/c1-8(2)3-4-16-13-10-14(18-6-17-13)20(7-19-10)15-12(22)11(21)9(29-15)5-28-35(27)31-33(23,24)30-34(25,26)32-35/h3,6-7,9,11-12,15,21-22H,4-5H2,1-2H3,(H,23,24)(H,25,26)(H,16,17,18)/t9-,11+,12+,15-/m1/s1. The van der Waals surface area contributed by atoms with Crippen molar-refractivity contribution in [3.63, 3.8) is 0 Å². The van der Waals surface area contributed by atoms with Gasteiger partial charge in [0, 0.05) is 6.54 Å². The van der Waals surface area contributed by atoms with Gasteiger partial charge in [0.15, 0.2) is 23.2 Å². The summed E-state index contributed by atoms with van der Waals surface area (Å²) in [6.07, 6.45) is -1.22. The van der Waals surface area contributed by atoms with Crippen LogP contribution >= 0.6 is 23.5 Å². The average Bonchev–Trinajstić information content (AvgIpc) is 3.26. The molecule has 2 unspecified atom stereocenters. The van der Waals surface area contributed by atoms with Crippen LogP contribution < -0.4 is 5.32 Å². The molecule has 0 spiro atoms. The van der Waals surface area contributed by atoms with Crippen molar-refractivity contribution in [2.75, 3.05) is 18.5 Å². The summed E-state index contributed by atoms with van der Waals surface area (Å²) in [5.74, 6) is 0.424. The number of aliphatic hydroxyl groups is 2. The number of ether oxygens (including phenoxy) is 1. The lowest BCUT2D eigenvalue weighted by atomic mass is 10.1. The molecular weight excluding hydrogens is 535 g/mol. The molecule has 0 aliphatic carbocycles. The van der Waals surface area contributed by atoms with Crippen LogP contribution in [0.3, 0.4) is 0 Å². The fourth-order valence-electron chi connectivity index (χ4n) is 3.26. The van der Waals surface area contributed by atoms with Gasteiger partial charge in [-0.15, -0.1) is 0 Å². The second-order valence-electron chi connectivity index (χ2n) is 7.68. The minimum absolute atomic E-state index is 0.267. The number of fused-ring (bicyclic) bond motifs is 1. The number of phosphoric acid groups is 3. The number of anilines is 1. The van der Waals surface area contributed by atoms with Crippen molar-refractivity contribution in [1.82, 2.24) is 19.5 Å². The Morgan fingerprint density at radius 2 is 1.80 bits per heavy atom. The van der Waals surface area contributed by atoms with Crippen LogP contribution in [0.5, 0.6) is 0 Å². The fraction of sp³-hybridized carbons (Fsp3) is 0.533. The summed E-state index contributed by atoms with van der Waals surface area (Å²) in [6, 6.07) is 0. The molecule has 0 bridgehead atoms. The van der Waals surface area contributed by atoms with Gasteiger partial charge in [0.1, 0.15) is 24.6 Å². The molecule has 20 heteroatoms. The number of nitrogens with one attached hydrogen (secondary N) is 1. The van der Waals surface area contributed by atoms with Gasteiger partial charge in [-0.3, -0.25) is 9.09 Å². The van der Waals surface area contributed by atoms with Gasteiger partial charge in [0.2, 0.25) is 0 Å². The minimum Gasteiger partial charge on any atom is -0.387 e. The zero-order valence-electron chi connectivity index (χ0n) is 18.1. The molecule has 194 valence electrons. The van der Waals surface area contributed by atoms with Crippen LogP contribution in [-0.4, -0.2) is 71.0 Å². The number of imidazole rings is 1. The third kappa shape index (κ3) is 5.88. The first-order valence-electron chi connectivity index (χ1n) is 9.90. The molecule has 17 nitrogen and oxygen atoms in total. The Bertz CT molecular complexity index is 1250. The van der Waals surface area contributed by atoms with Crippen LogP contribution in [0.25, 0.3) is 11.2 Å². The van der Waals surface area contributed by atoms with E-state index < -0.39 is 54.6 Å². The number of aromatic nitrogens is 4. The van der Waals surface area contributed by atoms with Crippen molar-refractivity contribution in [3.8, 4) is 0 Å². The molecule has 0 radical (unpaired) electrons. The molecule has 4 heterocycles. The van der Waals surface area contributed by atoms with Crippen LogP contribution in [0.1, 0.15) is 20.1 Å².